The molecular formula is C21H19ClN2O4S. The number of thiazole rings is 1. The van der Waals surface area contributed by atoms with E-state index in [9.17, 15) is 14.7 Å². The van der Waals surface area contributed by atoms with Gasteiger partial charge < -0.3 is 15.2 Å². The van der Waals surface area contributed by atoms with Crippen molar-refractivity contribution in [3.63, 3.8) is 0 Å². The molecule has 3 aromatic rings. The van der Waals surface area contributed by atoms with Crippen LogP contribution >= 0.6 is 23.7 Å². The van der Waals surface area contributed by atoms with Gasteiger partial charge in [0.2, 0.25) is 0 Å². The lowest BCUT2D eigenvalue weighted by Crippen LogP contribution is -2.43. The minimum absolute atomic E-state index is 0. The molecule has 1 amide bonds. The predicted octanol–water partition coefficient (Wildman–Crippen LogP) is 4.10. The third kappa shape index (κ3) is 4.41. The normalized spacial score (nSPS) is 13.0. The molecule has 0 spiro atoms. The molecule has 0 radical (unpaired) electrons. The lowest BCUT2D eigenvalue weighted by molar-refractivity contribution is -0.139. The van der Waals surface area contributed by atoms with Crippen molar-refractivity contribution in [2.45, 2.75) is 18.4 Å². The number of benzene rings is 2. The molecule has 1 aromatic heterocycles. The number of carboxylic acid groups (broad SMARTS) is 1. The molecule has 29 heavy (non-hydrogen) atoms. The molecule has 0 saturated heterocycles. The van der Waals surface area contributed by atoms with Crippen molar-refractivity contribution in [3.05, 3.63) is 76.2 Å². The Morgan fingerprint density at radius 2 is 1.72 bits per heavy atom. The van der Waals surface area contributed by atoms with E-state index < -0.39 is 18.1 Å². The Morgan fingerprint density at radius 3 is 2.28 bits per heavy atom. The summed E-state index contributed by atoms with van der Waals surface area (Å²) in [4.78, 5) is 27.8. The third-order valence-electron chi connectivity index (χ3n) is 4.83. The summed E-state index contributed by atoms with van der Waals surface area (Å²) in [6.45, 7) is 0.142. The molecule has 1 aliphatic rings. The van der Waals surface area contributed by atoms with Crippen molar-refractivity contribution >= 4 is 35.8 Å². The highest BCUT2D eigenvalue weighted by Crippen LogP contribution is 2.44. The average molecular weight is 431 g/mol. The highest BCUT2D eigenvalue weighted by atomic mass is 35.5. The van der Waals surface area contributed by atoms with Crippen LogP contribution in [-0.2, 0) is 16.0 Å². The van der Waals surface area contributed by atoms with E-state index in [1.165, 1.54) is 11.3 Å². The van der Waals surface area contributed by atoms with Crippen LogP contribution in [-0.4, -0.2) is 34.8 Å². The van der Waals surface area contributed by atoms with Crippen molar-refractivity contribution in [1.82, 2.24) is 10.3 Å². The van der Waals surface area contributed by atoms with Gasteiger partial charge in [-0.25, -0.2) is 14.6 Å². The molecule has 1 aliphatic carbocycles. The van der Waals surface area contributed by atoms with Gasteiger partial charge >= 0.3 is 12.1 Å². The van der Waals surface area contributed by atoms with Crippen molar-refractivity contribution in [2.75, 3.05) is 6.61 Å². The Kier molecular flexibility index (Phi) is 6.51. The Morgan fingerprint density at radius 1 is 1.10 bits per heavy atom. The first kappa shape index (κ1) is 20.8. The second kappa shape index (κ2) is 9.07. The standard InChI is InChI=1S/C21H18N2O4S.ClH/c24-20(25)19(9-13-11-28-12-22-13)23-21(26)27-10-18-16-7-3-1-5-14(16)15-6-2-4-8-17(15)18;/h1-8,11-12,18-19H,9-10H2,(H,23,26)(H,24,25);1H. The van der Waals surface area contributed by atoms with E-state index in [4.69, 9.17) is 4.74 Å². The quantitative estimate of drug-likeness (QED) is 0.614. The summed E-state index contributed by atoms with van der Waals surface area (Å²) in [7, 11) is 0. The maximum absolute atomic E-state index is 12.3. The Labute approximate surface area is 178 Å². The number of carbonyl (C=O) groups excluding carboxylic acids is 1. The van der Waals surface area contributed by atoms with Crippen molar-refractivity contribution in [3.8, 4) is 11.1 Å². The largest absolute Gasteiger partial charge is 0.480 e. The summed E-state index contributed by atoms with van der Waals surface area (Å²) in [6.07, 6.45) is -0.632. The van der Waals surface area contributed by atoms with E-state index in [1.807, 2.05) is 36.4 Å². The molecule has 0 bridgehead atoms. The van der Waals surface area contributed by atoms with Crippen LogP contribution in [0.4, 0.5) is 4.79 Å². The average Bonchev–Trinajstić information content (AvgIpc) is 3.32. The van der Waals surface area contributed by atoms with E-state index in [1.54, 1.807) is 10.9 Å². The number of rotatable bonds is 6. The van der Waals surface area contributed by atoms with Gasteiger partial charge in [0.05, 0.1) is 11.2 Å². The molecule has 1 heterocycles. The molecule has 150 valence electrons. The van der Waals surface area contributed by atoms with E-state index in [2.05, 4.69) is 22.4 Å². The second-order valence-corrected chi connectivity index (χ2v) is 7.26. The number of aromatic nitrogens is 1. The number of carboxylic acids is 1. The van der Waals surface area contributed by atoms with Gasteiger partial charge in [-0.1, -0.05) is 48.5 Å². The van der Waals surface area contributed by atoms with E-state index in [0.717, 1.165) is 22.3 Å². The molecule has 0 aliphatic heterocycles. The number of aliphatic carboxylic acids is 1. The fourth-order valence-electron chi connectivity index (χ4n) is 3.53. The van der Waals surface area contributed by atoms with Crippen LogP contribution in [0.25, 0.3) is 11.1 Å². The third-order valence-corrected chi connectivity index (χ3v) is 5.47. The van der Waals surface area contributed by atoms with E-state index >= 15 is 0 Å². The fourth-order valence-corrected chi connectivity index (χ4v) is 4.10. The number of carbonyl (C=O) groups is 2. The number of ether oxygens (including phenoxy) is 1. The van der Waals surface area contributed by atoms with Gasteiger partial charge in [0.1, 0.15) is 12.6 Å². The SMILES string of the molecule is Cl.O=C(NC(Cc1cscn1)C(=O)O)OCC1c2ccccc2-c2ccccc21. The summed E-state index contributed by atoms with van der Waals surface area (Å²) in [6, 6.07) is 15.0. The molecule has 1 atom stereocenters. The summed E-state index contributed by atoms with van der Waals surface area (Å²) < 4.78 is 5.41. The first-order chi connectivity index (χ1) is 13.6. The van der Waals surface area contributed by atoms with Crippen LogP contribution in [0.2, 0.25) is 0 Å². The minimum atomic E-state index is -1.12. The van der Waals surface area contributed by atoms with Gasteiger partial charge in [-0.3, -0.25) is 0 Å². The summed E-state index contributed by atoms with van der Waals surface area (Å²) in [5.41, 5.74) is 6.73. The van der Waals surface area contributed by atoms with Gasteiger partial charge in [0.15, 0.2) is 0 Å². The lowest BCUT2D eigenvalue weighted by Gasteiger charge is -2.17. The maximum atomic E-state index is 12.3. The van der Waals surface area contributed by atoms with Gasteiger partial charge in [-0.2, -0.15) is 0 Å². The zero-order valence-electron chi connectivity index (χ0n) is 15.3. The summed E-state index contributed by atoms with van der Waals surface area (Å²) in [5.74, 6) is -1.19. The van der Waals surface area contributed by atoms with E-state index in [-0.39, 0.29) is 31.4 Å². The fraction of sp³-hybridized carbons (Fsp3) is 0.190. The minimum Gasteiger partial charge on any atom is -0.480 e. The predicted molar refractivity (Wildman–Crippen MR) is 113 cm³/mol. The van der Waals surface area contributed by atoms with Crippen LogP contribution in [0, 0.1) is 0 Å². The maximum Gasteiger partial charge on any atom is 0.407 e. The van der Waals surface area contributed by atoms with Crippen molar-refractivity contribution in [2.24, 2.45) is 0 Å². The summed E-state index contributed by atoms with van der Waals surface area (Å²) in [5, 5.41) is 13.6. The molecule has 0 fully saturated rings. The van der Waals surface area contributed by atoms with Gasteiger partial charge in [0.25, 0.3) is 0 Å². The number of fused-ring (bicyclic) bond motifs is 3. The smallest absolute Gasteiger partial charge is 0.407 e. The Bertz CT molecular complexity index is 964. The van der Waals surface area contributed by atoms with Crippen LogP contribution in [0.15, 0.2) is 59.4 Å². The van der Waals surface area contributed by atoms with Gasteiger partial charge in [0, 0.05) is 17.7 Å². The van der Waals surface area contributed by atoms with Gasteiger partial charge in [-0.05, 0) is 22.3 Å². The molecule has 0 saturated carbocycles. The number of nitrogens with one attached hydrogen (secondary N) is 1. The number of halogens is 1. The monoisotopic (exact) mass is 430 g/mol. The molecule has 8 heteroatoms. The topological polar surface area (TPSA) is 88.5 Å². The van der Waals surface area contributed by atoms with E-state index in [0.29, 0.717) is 5.69 Å². The van der Waals surface area contributed by atoms with Crippen LogP contribution < -0.4 is 5.32 Å². The zero-order valence-corrected chi connectivity index (χ0v) is 16.9. The zero-order chi connectivity index (χ0) is 19.5. The van der Waals surface area contributed by atoms with Crippen LogP contribution in [0.5, 0.6) is 0 Å². The number of hydrogen-bond donors (Lipinski definition) is 2. The lowest BCUT2D eigenvalue weighted by atomic mass is 9.98. The van der Waals surface area contributed by atoms with Crippen LogP contribution in [0.3, 0.4) is 0 Å². The van der Waals surface area contributed by atoms with Crippen molar-refractivity contribution in [1.29, 1.82) is 0 Å². The molecule has 6 nitrogen and oxygen atoms in total. The number of amides is 1. The molecule has 4 rings (SSSR count). The molecule has 2 aromatic carbocycles. The first-order valence-electron chi connectivity index (χ1n) is 8.85. The Balaban J connectivity index is 0.00000240. The Hall–Kier alpha value is -2.90. The number of alkyl carbamates (subject to hydrolysis) is 1. The summed E-state index contributed by atoms with van der Waals surface area (Å²) >= 11 is 1.38. The number of nitrogens with zero attached hydrogens (tertiary/aromatic N) is 1. The van der Waals surface area contributed by atoms with Gasteiger partial charge in [-0.15, -0.1) is 23.7 Å². The molecule has 2 N–H and O–H groups in total. The second-order valence-electron chi connectivity index (χ2n) is 6.54. The van der Waals surface area contributed by atoms with Crippen molar-refractivity contribution < 1.29 is 19.4 Å². The van der Waals surface area contributed by atoms with Crippen LogP contribution in [0.1, 0.15) is 22.7 Å². The first-order valence-corrected chi connectivity index (χ1v) is 9.79. The highest BCUT2D eigenvalue weighted by molar-refractivity contribution is 7.07. The molecule has 1 unspecified atom stereocenters. The number of hydrogen-bond acceptors (Lipinski definition) is 5. The molecular weight excluding hydrogens is 412 g/mol. The highest BCUT2D eigenvalue weighted by Gasteiger charge is 2.29.